The van der Waals surface area contributed by atoms with Crippen molar-refractivity contribution in [2.75, 3.05) is 5.32 Å². The van der Waals surface area contributed by atoms with Crippen molar-refractivity contribution in [1.82, 2.24) is 9.97 Å². The van der Waals surface area contributed by atoms with E-state index in [-0.39, 0.29) is 16.1 Å². The molecule has 1 amide bonds. The van der Waals surface area contributed by atoms with E-state index in [9.17, 15) is 9.59 Å². The van der Waals surface area contributed by atoms with Crippen molar-refractivity contribution in [1.29, 1.82) is 0 Å². The molecule has 0 aliphatic rings. The Labute approximate surface area is 164 Å². The van der Waals surface area contributed by atoms with Gasteiger partial charge in [-0.2, -0.15) is 0 Å². The molecule has 0 unspecified atom stereocenters. The van der Waals surface area contributed by atoms with Gasteiger partial charge in [0.05, 0.1) is 6.26 Å². The second-order valence-electron chi connectivity index (χ2n) is 6.50. The lowest BCUT2D eigenvalue weighted by Crippen LogP contribution is -2.27. The van der Waals surface area contributed by atoms with E-state index in [0.29, 0.717) is 21.9 Å². The van der Waals surface area contributed by atoms with Crippen LogP contribution in [0.4, 0.5) is 9.93 Å². The summed E-state index contributed by atoms with van der Waals surface area (Å²) in [5.74, 6) is 0.106. The molecule has 3 aromatic heterocycles. The summed E-state index contributed by atoms with van der Waals surface area (Å²) in [7, 11) is 0. The lowest BCUT2D eigenvalue weighted by Gasteiger charge is -2.18. The van der Waals surface area contributed by atoms with Gasteiger partial charge in [-0.1, -0.05) is 22.9 Å². The number of carbonyl (C=O) groups is 2. The van der Waals surface area contributed by atoms with Crippen molar-refractivity contribution in [2.24, 2.45) is 0 Å². The first-order valence-corrected chi connectivity index (χ1v) is 9.13. The van der Waals surface area contributed by atoms with E-state index in [1.807, 2.05) is 0 Å². The predicted molar refractivity (Wildman–Crippen MR) is 102 cm³/mol. The van der Waals surface area contributed by atoms with E-state index in [1.54, 1.807) is 39.0 Å². The summed E-state index contributed by atoms with van der Waals surface area (Å²) < 4.78 is 10.6. The van der Waals surface area contributed by atoms with Crippen LogP contribution in [0.3, 0.4) is 0 Å². The largest absolute Gasteiger partial charge is 0.463 e. The number of hydrogen-bond acceptors (Lipinski definition) is 7. The number of nitrogens with zero attached hydrogens (tertiary/aromatic N) is 2. The molecule has 0 spiro atoms. The highest BCUT2D eigenvalue weighted by Gasteiger charge is 2.24. The molecule has 0 fully saturated rings. The summed E-state index contributed by atoms with van der Waals surface area (Å²) in [6.45, 7) is 5.27. The molecule has 0 aliphatic heterocycles. The van der Waals surface area contributed by atoms with Crippen LogP contribution in [0.2, 0.25) is 5.15 Å². The fraction of sp³-hybridized carbons (Fsp3) is 0.222. The number of carbonyl (C=O) groups excluding carboxylic acids is 2. The maximum Gasteiger partial charge on any atom is 0.413 e. The van der Waals surface area contributed by atoms with E-state index in [0.717, 1.165) is 11.3 Å². The number of thiazole rings is 1. The van der Waals surface area contributed by atoms with Gasteiger partial charge in [-0.15, -0.1) is 0 Å². The van der Waals surface area contributed by atoms with Crippen molar-refractivity contribution in [3.8, 4) is 11.5 Å². The number of furan rings is 1. The van der Waals surface area contributed by atoms with Crippen LogP contribution in [0, 0.1) is 0 Å². The normalized spacial score (nSPS) is 11.3. The lowest BCUT2D eigenvalue weighted by molar-refractivity contribution is 0.0635. The van der Waals surface area contributed by atoms with Crippen molar-refractivity contribution in [2.45, 2.75) is 26.4 Å². The summed E-state index contributed by atoms with van der Waals surface area (Å²) in [6, 6.07) is 6.48. The minimum absolute atomic E-state index is 0.223. The average molecular weight is 406 g/mol. The maximum absolute atomic E-state index is 12.9. The molecule has 0 radical (unpaired) electrons. The van der Waals surface area contributed by atoms with Gasteiger partial charge in [0.2, 0.25) is 5.78 Å². The van der Waals surface area contributed by atoms with Crippen LogP contribution < -0.4 is 5.32 Å². The molecule has 0 saturated carbocycles. The number of ether oxygens (including phenoxy) is 1. The topological polar surface area (TPSA) is 94.3 Å². The van der Waals surface area contributed by atoms with Gasteiger partial charge in [0.25, 0.3) is 0 Å². The van der Waals surface area contributed by atoms with Crippen molar-refractivity contribution in [3.05, 3.63) is 52.3 Å². The number of pyridine rings is 1. The highest BCUT2D eigenvalue weighted by atomic mass is 35.5. The number of aromatic nitrogens is 2. The molecule has 3 aromatic rings. The summed E-state index contributed by atoms with van der Waals surface area (Å²) in [4.78, 5) is 33.5. The average Bonchev–Trinajstić information content (AvgIpc) is 3.22. The standard InChI is InChI=1S/C18H16ClN3O4S/c1-18(2,3)26-17(24)22-16-21-13(11-5-4-8-25-11)15(27-16)14(23)10-6-7-12(19)20-9-10/h4-9H,1-3H3,(H,21,22,24). The Balaban J connectivity index is 1.94. The Morgan fingerprint density at radius 1 is 1.26 bits per heavy atom. The van der Waals surface area contributed by atoms with Crippen LogP contribution in [0.25, 0.3) is 11.5 Å². The molecule has 3 heterocycles. The monoisotopic (exact) mass is 405 g/mol. The zero-order valence-corrected chi connectivity index (χ0v) is 16.4. The number of nitrogens with one attached hydrogen (secondary N) is 1. The molecular formula is C18H16ClN3O4S. The third kappa shape index (κ3) is 4.72. The number of anilines is 1. The second kappa shape index (κ2) is 7.50. The third-order valence-electron chi connectivity index (χ3n) is 3.19. The second-order valence-corrected chi connectivity index (χ2v) is 7.89. The van der Waals surface area contributed by atoms with Gasteiger partial charge in [-0.05, 0) is 45.0 Å². The fourth-order valence-electron chi connectivity index (χ4n) is 2.14. The van der Waals surface area contributed by atoms with E-state index in [4.69, 9.17) is 20.8 Å². The Morgan fingerprint density at radius 2 is 2.04 bits per heavy atom. The van der Waals surface area contributed by atoms with Gasteiger partial charge in [0, 0.05) is 11.8 Å². The minimum atomic E-state index is -0.658. The van der Waals surface area contributed by atoms with Gasteiger partial charge in [0.15, 0.2) is 10.9 Å². The van der Waals surface area contributed by atoms with Crippen LogP contribution >= 0.6 is 22.9 Å². The van der Waals surface area contributed by atoms with Gasteiger partial charge in [-0.3, -0.25) is 10.1 Å². The molecule has 1 N–H and O–H groups in total. The Bertz CT molecular complexity index is 960. The number of amides is 1. The van der Waals surface area contributed by atoms with Crippen LogP contribution in [-0.4, -0.2) is 27.4 Å². The van der Waals surface area contributed by atoms with Gasteiger partial charge >= 0.3 is 6.09 Å². The molecule has 7 nitrogen and oxygen atoms in total. The zero-order valence-electron chi connectivity index (χ0n) is 14.8. The van der Waals surface area contributed by atoms with Crippen LogP contribution in [0.5, 0.6) is 0 Å². The summed E-state index contributed by atoms with van der Waals surface area (Å²) in [5.41, 5.74) is 0.0226. The van der Waals surface area contributed by atoms with Gasteiger partial charge in [0.1, 0.15) is 21.3 Å². The van der Waals surface area contributed by atoms with Crippen LogP contribution in [-0.2, 0) is 4.74 Å². The lowest BCUT2D eigenvalue weighted by atomic mass is 10.1. The zero-order chi connectivity index (χ0) is 19.6. The predicted octanol–water partition coefficient (Wildman–Crippen LogP) is 5.03. The summed E-state index contributed by atoms with van der Waals surface area (Å²) in [6.07, 6.45) is 2.21. The Kier molecular flexibility index (Phi) is 5.29. The molecule has 0 saturated heterocycles. The molecule has 9 heteroatoms. The summed E-state index contributed by atoms with van der Waals surface area (Å²) >= 11 is 6.81. The molecule has 3 rings (SSSR count). The molecule has 0 aromatic carbocycles. The highest BCUT2D eigenvalue weighted by molar-refractivity contribution is 7.18. The first-order chi connectivity index (χ1) is 12.7. The van der Waals surface area contributed by atoms with E-state index < -0.39 is 11.7 Å². The minimum Gasteiger partial charge on any atom is -0.463 e. The van der Waals surface area contributed by atoms with Crippen LogP contribution in [0.15, 0.2) is 41.1 Å². The van der Waals surface area contributed by atoms with E-state index in [1.165, 1.54) is 18.5 Å². The van der Waals surface area contributed by atoms with Gasteiger partial charge < -0.3 is 9.15 Å². The molecular weight excluding hydrogens is 390 g/mol. The quantitative estimate of drug-likeness (QED) is 0.483. The van der Waals surface area contributed by atoms with E-state index >= 15 is 0 Å². The van der Waals surface area contributed by atoms with E-state index in [2.05, 4.69) is 15.3 Å². The number of hydrogen-bond donors (Lipinski definition) is 1. The molecule has 140 valence electrons. The van der Waals surface area contributed by atoms with Crippen molar-refractivity contribution < 1.29 is 18.7 Å². The highest BCUT2D eigenvalue weighted by Crippen LogP contribution is 2.33. The number of rotatable bonds is 4. The molecule has 0 aliphatic carbocycles. The van der Waals surface area contributed by atoms with Crippen molar-refractivity contribution in [3.63, 3.8) is 0 Å². The first-order valence-electron chi connectivity index (χ1n) is 7.94. The number of halogens is 1. The maximum atomic E-state index is 12.9. The third-order valence-corrected chi connectivity index (χ3v) is 4.38. The van der Waals surface area contributed by atoms with Gasteiger partial charge in [-0.25, -0.2) is 14.8 Å². The fourth-order valence-corrected chi connectivity index (χ4v) is 3.17. The van der Waals surface area contributed by atoms with Crippen molar-refractivity contribution >= 4 is 39.9 Å². The molecule has 0 atom stereocenters. The smallest absolute Gasteiger partial charge is 0.413 e. The summed E-state index contributed by atoms with van der Waals surface area (Å²) in [5, 5.41) is 3.06. The Hall–Kier alpha value is -2.71. The first kappa shape index (κ1) is 19.1. The Morgan fingerprint density at radius 3 is 2.63 bits per heavy atom. The molecule has 27 heavy (non-hydrogen) atoms. The number of ketones is 1. The molecule has 0 bridgehead atoms. The SMILES string of the molecule is CC(C)(C)OC(=O)Nc1nc(-c2ccco2)c(C(=O)c2ccc(Cl)nc2)s1. The van der Waals surface area contributed by atoms with Crippen LogP contribution in [0.1, 0.15) is 36.0 Å².